The number of aromatic nitrogens is 2. The molecule has 1 aliphatic rings. The number of para-hydroxylation sites is 1. The minimum Gasteiger partial charge on any atom is -0.393 e. The Morgan fingerprint density at radius 2 is 1.82 bits per heavy atom. The molecule has 1 amide bonds. The van der Waals surface area contributed by atoms with Crippen LogP contribution in [0.1, 0.15) is 34.6 Å². The van der Waals surface area contributed by atoms with E-state index in [2.05, 4.69) is 5.10 Å². The molecule has 1 saturated heterocycles. The molecule has 2 aromatic rings. The largest absolute Gasteiger partial charge is 0.393 e. The molecule has 3 rings (SSSR count). The van der Waals surface area contributed by atoms with Crippen molar-refractivity contribution in [3.05, 3.63) is 47.3 Å². The van der Waals surface area contributed by atoms with Crippen LogP contribution >= 0.6 is 0 Å². The number of aliphatic hydroxyl groups is 1. The molecule has 0 atom stereocenters. The molecule has 0 aliphatic carbocycles. The van der Waals surface area contributed by atoms with Gasteiger partial charge in [-0.25, -0.2) is 4.68 Å². The highest BCUT2D eigenvalue weighted by Crippen LogP contribution is 2.21. The van der Waals surface area contributed by atoms with Crippen LogP contribution in [-0.2, 0) is 0 Å². The summed E-state index contributed by atoms with van der Waals surface area (Å²) in [4.78, 5) is 14.6. The Labute approximate surface area is 130 Å². The topological polar surface area (TPSA) is 58.4 Å². The van der Waals surface area contributed by atoms with Gasteiger partial charge >= 0.3 is 0 Å². The van der Waals surface area contributed by atoms with Crippen LogP contribution in [0.5, 0.6) is 0 Å². The Morgan fingerprint density at radius 3 is 2.45 bits per heavy atom. The summed E-state index contributed by atoms with van der Waals surface area (Å²) in [7, 11) is 0. The molecule has 5 heteroatoms. The van der Waals surface area contributed by atoms with Gasteiger partial charge in [0.1, 0.15) is 0 Å². The van der Waals surface area contributed by atoms with Crippen molar-refractivity contribution >= 4 is 5.91 Å². The van der Waals surface area contributed by atoms with Crippen LogP contribution in [-0.4, -0.2) is 44.9 Å². The molecule has 1 aromatic heterocycles. The van der Waals surface area contributed by atoms with Gasteiger partial charge in [-0.3, -0.25) is 4.79 Å². The zero-order chi connectivity index (χ0) is 15.7. The van der Waals surface area contributed by atoms with Gasteiger partial charge in [0, 0.05) is 13.1 Å². The molecule has 0 spiro atoms. The zero-order valence-electron chi connectivity index (χ0n) is 13.0. The van der Waals surface area contributed by atoms with Crippen molar-refractivity contribution in [3.63, 3.8) is 0 Å². The molecule has 0 saturated carbocycles. The summed E-state index contributed by atoms with van der Waals surface area (Å²) in [6.45, 7) is 5.02. The Hall–Kier alpha value is -2.14. The molecule has 1 aliphatic heterocycles. The fourth-order valence-corrected chi connectivity index (χ4v) is 3.00. The second-order valence-corrected chi connectivity index (χ2v) is 5.82. The molecule has 2 heterocycles. The van der Waals surface area contributed by atoms with Crippen LogP contribution in [0.25, 0.3) is 5.69 Å². The number of carbonyl (C=O) groups excluding carboxylic acids is 1. The smallest absolute Gasteiger partial charge is 0.257 e. The Bertz CT molecular complexity index is 671. The van der Waals surface area contributed by atoms with E-state index < -0.39 is 0 Å². The summed E-state index contributed by atoms with van der Waals surface area (Å²) in [5.74, 6) is 0.0177. The van der Waals surface area contributed by atoms with E-state index in [1.165, 1.54) is 0 Å². The van der Waals surface area contributed by atoms with Gasteiger partial charge in [0.2, 0.25) is 0 Å². The van der Waals surface area contributed by atoms with Gasteiger partial charge in [-0.05, 0) is 38.8 Å². The van der Waals surface area contributed by atoms with E-state index in [0.717, 1.165) is 17.1 Å². The average Bonchev–Trinajstić information content (AvgIpc) is 2.83. The van der Waals surface area contributed by atoms with Crippen molar-refractivity contribution in [2.24, 2.45) is 0 Å². The number of benzene rings is 1. The number of nitrogens with zero attached hydrogens (tertiary/aromatic N) is 3. The van der Waals surface area contributed by atoms with Gasteiger partial charge in [0.25, 0.3) is 5.91 Å². The second-order valence-electron chi connectivity index (χ2n) is 5.82. The molecule has 22 heavy (non-hydrogen) atoms. The summed E-state index contributed by atoms with van der Waals surface area (Å²) in [6.07, 6.45) is 1.02. The first-order valence-electron chi connectivity index (χ1n) is 7.67. The predicted molar refractivity (Wildman–Crippen MR) is 84.2 cm³/mol. The molecule has 0 radical (unpaired) electrons. The Morgan fingerprint density at radius 1 is 1.18 bits per heavy atom. The van der Waals surface area contributed by atoms with Gasteiger partial charge < -0.3 is 10.0 Å². The van der Waals surface area contributed by atoms with Gasteiger partial charge in [0.15, 0.2) is 0 Å². The molecule has 0 unspecified atom stereocenters. The number of amides is 1. The van der Waals surface area contributed by atoms with Crippen molar-refractivity contribution in [1.29, 1.82) is 0 Å². The predicted octanol–water partition coefficient (Wildman–Crippen LogP) is 2.09. The van der Waals surface area contributed by atoms with Crippen LogP contribution in [0.4, 0.5) is 0 Å². The minimum absolute atomic E-state index is 0.0177. The van der Waals surface area contributed by atoms with Crippen LogP contribution in [0.15, 0.2) is 30.3 Å². The lowest BCUT2D eigenvalue weighted by molar-refractivity contribution is 0.0545. The van der Waals surface area contributed by atoms with E-state index >= 15 is 0 Å². The maximum absolute atomic E-state index is 12.8. The third kappa shape index (κ3) is 2.64. The maximum atomic E-state index is 12.8. The van der Waals surface area contributed by atoms with Gasteiger partial charge in [-0.1, -0.05) is 18.2 Å². The van der Waals surface area contributed by atoms with Crippen LogP contribution in [0.3, 0.4) is 0 Å². The maximum Gasteiger partial charge on any atom is 0.257 e. The summed E-state index contributed by atoms with van der Waals surface area (Å²) >= 11 is 0. The van der Waals surface area contributed by atoms with E-state index in [9.17, 15) is 9.90 Å². The highest BCUT2D eigenvalue weighted by atomic mass is 16.3. The summed E-state index contributed by atoms with van der Waals surface area (Å²) in [5, 5.41) is 14.1. The molecule has 116 valence electrons. The molecular weight excluding hydrogens is 278 g/mol. The standard InChI is InChI=1S/C17H21N3O2/c1-12-16(17(22)19-10-8-15(21)9-11-19)13(2)20(18-12)14-6-4-3-5-7-14/h3-7,15,21H,8-11H2,1-2H3. The van der Waals surface area contributed by atoms with Crippen LogP contribution in [0, 0.1) is 13.8 Å². The van der Waals surface area contributed by atoms with Gasteiger partial charge in [-0.2, -0.15) is 5.10 Å². The first-order chi connectivity index (χ1) is 10.6. The lowest BCUT2D eigenvalue weighted by Gasteiger charge is -2.29. The summed E-state index contributed by atoms with van der Waals surface area (Å²) < 4.78 is 1.82. The molecular formula is C17H21N3O2. The van der Waals surface area contributed by atoms with E-state index in [1.807, 2.05) is 53.8 Å². The normalized spacial score (nSPS) is 16.0. The SMILES string of the molecule is Cc1nn(-c2ccccc2)c(C)c1C(=O)N1CCC(O)CC1. The zero-order valence-corrected chi connectivity index (χ0v) is 13.0. The number of carbonyl (C=O) groups is 1. The van der Waals surface area contributed by atoms with E-state index in [-0.39, 0.29) is 12.0 Å². The molecule has 0 bridgehead atoms. The first-order valence-corrected chi connectivity index (χ1v) is 7.67. The number of hydrogen-bond acceptors (Lipinski definition) is 3. The number of rotatable bonds is 2. The van der Waals surface area contributed by atoms with Crippen molar-refractivity contribution < 1.29 is 9.90 Å². The fourth-order valence-electron chi connectivity index (χ4n) is 3.00. The van der Waals surface area contributed by atoms with E-state index in [1.54, 1.807) is 0 Å². The van der Waals surface area contributed by atoms with E-state index in [0.29, 0.717) is 31.5 Å². The fraction of sp³-hybridized carbons (Fsp3) is 0.412. The lowest BCUT2D eigenvalue weighted by atomic mass is 10.1. The third-order valence-electron chi connectivity index (χ3n) is 4.26. The lowest BCUT2D eigenvalue weighted by Crippen LogP contribution is -2.40. The second kappa shape index (κ2) is 5.93. The van der Waals surface area contributed by atoms with Gasteiger partial charge in [0.05, 0.1) is 28.7 Å². The molecule has 1 aromatic carbocycles. The average molecular weight is 299 g/mol. The minimum atomic E-state index is -0.279. The molecule has 1 fully saturated rings. The number of hydrogen-bond donors (Lipinski definition) is 1. The van der Waals surface area contributed by atoms with Crippen molar-refractivity contribution in [3.8, 4) is 5.69 Å². The Kier molecular flexibility index (Phi) is 3.98. The quantitative estimate of drug-likeness (QED) is 0.923. The number of piperidine rings is 1. The van der Waals surface area contributed by atoms with Crippen LogP contribution in [0.2, 0.25) is 0 Å². The van der Waals surface area contributed by atoms with Crippen molar-refractivity contribution in [2.75, 3.05) is 13.1 Å². The molecule has 5 nitrogen and oxygen atoms in total. The van der Waals surface area contributed by atoms with Crippen LogP contribution < -0.4 is 0 Å². The number of likely N-dealkylation sites (tertiary alicyclic amines) is 1. The third-order valence-corrected chi connectivity index (χ3v) is 4.26. The number of aryl methyl sites for hydroxylation is 1. The van der Waals surface area contributed by atoms with Crippen molar-refractivity contribution in [1.82, 2.24) is 14.7 Å². The highest BCUT2D eigenvalue weighted by molar-refractivity contribution is 5.96. The summed E-state index contributed by atoms with van der Waals surface area (Å²) in [6, 6.07) is 9.83. The Balaban J connectivity index is 1.91. The van der Waals surface area contributed by atoms with Crippen molar-refractivity contribution in [2.45, 2.75) is 32.8 Å². The van der Waals surface area contributed by atoms with E-state index in [4.69, 9.17) is 0 Å². The molecule has 1 N–H and O–H groups in total. The first kappa shape index (κ1) is 14.8. The number of aliphatic hydroxyl groups excluding tert-OH is 1. The summed E-state index contributed by atoms with van der Waals surface area (Å²) in [5.41, 5.74) is 3.24. The monoisotopic (exact) mass is 299 g/mol. The van der Waals surface area contributed by atoms with Gasteiger partial charge in [-0.15, -0.1) is 0 Å². The highest BCUT2D eigenvalue weighted by Gasteiger charge is 2.27.